The van der Waals surface area contributed by atoms with Crippen LogP contribution >= 0.6 is 0 Å². The number of piperazine rings is 1. The summed E-state index contributed by atoms with van der Waals surface area (Å²) in [5.74, 6) is -0.294. The monoisotopic (exact) mass is 477 g/mol. The molecular weight excluding hydrogens is 450 g/mol. The zero-order valence-corrected chi connectivity index (χ0v) is 19.9. The van der Waals surface area contributed by atoms with E-state index in [9.17, 15) is 14.7 Å². The van der Waals surface area contributed by atoms with Crippen LogP contribution in [-0.2, 0) is 17.8 Å². The van der Waals surface area contributed by atoms with E-state index in [1.165, 1.54) is 0 Å². The Labute approximate surface area is 210 Å². The normalized spacial score (nSPS) is 15.8. The van der Waals surface area contributed by atoms with Crippen molar-refractivity contribution in [3.8, 4) is 5.75 Å². The van der Waals surface area contributed by atoms with Gasteiger partial charge >= 0.3 is 0 Å². The molecule has 2 heterocycles. The standard InChI is InChI=1S/C30H27N3O3/c1-21(16-22-8-3-2-4-9-22)28-19-32(20-29(35)33(28)18-23-10-7-12-25(34)17-23)30(36)27-15-14-24-11-5-6-13-26(24)31-27/h2-15,17,28,34H,1,16,18-20H2/t28-/m1/s1. The number of aromatic hydroxyl groups is 1. The van der Waals surface area contributed by atoms with Crippen molar-refractivity contribution in [3.05, 3.63) is 120 Å². The zero-order chi connectivity index (χ0) is 25.1. The minimum absolute atomic E-state index is 0.0404. The molecule has 1 aliphatic rings. The number of rotatable bonds is 6. The van der Waals surface area contributed by atoms with Crippen LogP contribution in [-0.4, -0.2) is 50.8 Å². The smallest absolute Gasteiger partial charge is 0.273 e. The Bertz CT molecular complexity index is 1430. The van der Waals surface area contributed by atoms with Crippen LogP contribution in [0.15, 0.2) is 103 Å². The van der Waals surface area contributed by atoms with Crippen molar-refractivity contribution in [2.24, 2.45) is 0 Å². The van der Waals surface area contributed by atoms with Crippen molar-refractivity contribution in [3.63, 3.8) is 0 Å². The van der Waals surface area contributed by atoms with Crippen LogP contribution in [0.3, 0.4) is 0 Å². The molecule has 0 unspecified atom stereocenters. The topological polar surface area (TPSA) is 73.7 Å². The zero-order valence-electron chi connectivity index (χ0n) is 19.9. The average Bonchev–Trinajstić information content (AvgIpc) is 2.89. The van der Waals surface area contributed by atoms with E-state index in [1.54, 1.807) is 34.1 Å². The fraction of sp³-hybridized carbons (Fsp3) is 0.167. The van der Waals surface area contributed by atoms with Crippen molar-refractivity contribution in [1.29, 1.82) is 0 Å². The Morgan fingerprint density at radius 3 is 2.50 bits per heavy atom. The molecule has 36 heavy (non-hydrogen) atoms. The molecule has 6 heteroatoms. The average molecular weight is 478 g/mol. The van der Waals surface area contributed by atoms with Gasteiger partial charge in [0.25, 0.3) is 5.91 Å². The third kappa shape index (κ3) is 4.98. The van der Waals surface area contributed by atoms with Gasteiger partial charge in [0.05, 0.1) is 11.6 Å². The lowest BCUT2D eigenvalue weighted by molar-refractivity contribution is -0.138. The highest BCUT2D eigenvalue weighted by molar-refractivity contribution is 5.97. The van der Waals surface area contributed by atoms with E-state index in [2.05, 4.69) is 11.6 Å². The molecule has 2 amide bonds. The first kappa shape index (κ1) is 23.3. The second-order valence-corrected chi connectivity index (χ2v) is 9.10. The van der Waals surface area contributed by atoms with Gasteiger partial charge in [-0.3, -0.25) is 9.59 Å². The van der Waals surface area contributed by atoms with Crippen molar-refractivity contribution in [1.82, 2.24) is 14.8 Å². The number of nitrogens with zero attached hydrogens (tertiary/aromatic N) is 3. The number of para-hydroxylation sites is 1. The van der Waals surface area contributed by atoms with Crippen LogP contribution in [0, 0.1) is 0 Å². The van der Waals surface area contributed by atoms with Crippen LogP contribution in [0.25, 0.3) is 10.9 Å². The number of phenols is 1. The number of pyridine rings is 1. The molecule has 4 aromatic rings. The van der Waals surface area contributed by atoms with E-state index in [-0.39, 0.29) is 30.2 Å². The Morgan fingerprint density at radius 1 is 0.944 bits per heavy atom. The first-order valence-electron chi connectivity index (χ1n) is 11.9. The van der Waals surface area contributed by atoms with E-state index in [0.717, 1.165) is 27.6 Å². The largest absolute Gasteiger partial charge is 0.508 e. The lowest BCUT2D eigenvalue weighted by Gasteiger charge is -2.42. The highest BCUT2D eigenvalue weighted by Crippen LogP contribution is 2.25. The highest BCUT2D eigenvalue weighted by atomic mass is 16.3. The van der Waals surface area contributed by atoms with Gasteiger partial charge in [0, 0.05) is 18.5 Å². The Morgan fingerprint density at radius 2 is 1.69 bits per heavy atom. The molecule has 1 atom stereocenters. The summed E-state index contributed by atoms with van der Waals surface area (Å²) in [6.45, 7) is 4.93. The van der Waals surface area contributed by atoms with E-state index in [0.29, 0.717) is 25.2 Å². The number of carbonyl (C=O) groups is 2. The Kier molecular flexibility index (Phi) is 6.50. The van der Waals surface area contributed by atoms with E-state index in [1.807, 2.05) is 66.7 Å². The number of hydrogen-bond acceptors (Lipinski definition) is 4. The summed E-state index contributed by atoms with van der Waals surface area (Å²) < 4.78 is 0. The van der Waals surface area contributed by atoms with Crippen LogP contribution in [0.1, 0.15) is 21.6 Å². The summed E-state index contributed by atoms with van der Waals surface area (Å²) >= 11 is 0. The molecule has 0 saturated carbocycles. The third-order valence-electron chi connectivity index (χ3n) is 6.53. The molecule has 1 aliphatic heterocycles. The van der Waals surface area contributed by atoms with Crippen LogP contribution in [0.2, 0.25) is 0 Å². The number of aromatic nitrogens is 1. The third-order valence-corrected chi connectivity index (χ3v) is 6.53. The van der Waals surface area contributed by atoms with Crippen LogP contribution in [0.5, 0.6) is 5.75 Å². The molecule has 0 radical (unpaired) electrons. The van der Waals surface area contributed by atoms with Crippen molar-refractivity contribution in [2.45, 2.75) is 19.0 Å². The molecule has 180 valence electrons. The maximum absolute atomic E-state index is 13.5. The number of carbonyl (C=O) groups excluding carboxylic acids is 2. The van der Waals surface area contributed by atoms with Gasteiger partial charge in [-0.05, 0) is 47.4 Å². The Balaban J connectivity index is 1.42. The molecule has 0 spiro atoms. The fourth-order valence-corrected chi connectivity index (χ4v) is 4.68. The first-order chi connectivity index (χ1) is 17.5. The molecule has 3 aromatic carbocycles. The van der Waals surface area contributed by atoms with Crippen molar-refractivity contribution in [2.75, 3.05) is 13.1 Å². The van der Waals surface area contributed by atoms with Gasteiger partial charge < -0.3 is 14.9 Å². The minimum Gasteiger partial charge on any atom is -0.508 e. The molecular formula is C30H27N3O3. The molecule has 0 bridgehead atoms. The number of benzene rings is 3. The van der Waals surface area contributed by atoms with Gasteiger partial charge in [-0.2, -0.15) is 0 Å². The van der Waals surface area contributed by atoms with Gasteiger partial charge in [-0.25, -0.2) is 4.98 Å². The molecule has 0 aliphatic carbocycles. The van der Waals surface area contributed by atoms with Gasteiger partial charge in [0.15, 0.2) is 0 Å². The van der Waals surface area contributed by atoms with E-state index in [4.69, 9.17) is 0 Å². The number of phenolic OH excluding ortho intramolecular Hbond substituents is 1. The van der Waals surface area contributed by atoms with Crippen LogP contribution < -0.4 is 0 Å². The van der Waals surface area contributed by atoms with Gasteiger partial charge in [-0.15, -0.1) is 0 Å². The molecule has 1 saturated heterocycles. The molecule has 1 aromatic heterocycles. The van der Waals surface area contributed by atoms with Crippen LogP contribution in [0.4, 0.5) is 0 Å². The van der Waals surface area contributed by atoms with E-state index >= 15 is 0 Å². The maximum Gasteiger partial charge on any atom is 0.273 e. The second kappa shape index (κ2) is 10.0. The molecule has 5 rings (SSSR count). The van der Waals surface area contributed by atoms with Gasteiger partial charge in [-0.1, -0.05) is 73.3 Å². The maximum atomic E-state index is 13.5. The molecule has 1 N–H and O–H groups in total. The first-order valence-corrected chi connectivity index (χ1v) is 11.9. The summed E-state index contributed by atoms with van der Waals surface area (Å²) in [5, 5.41) is 10.9. The quantitative estimate of drug-likeness (QED) is 0.412. The second-order valence-electron chi connectivity index (χ2n) is 9.10. The fourth-order valence-electron chi connectivity index (χ4n) is 4.68. The predicted octanol–water partition coefficient (Wildman–Crippen LogP) is 4.59. The number of fused-ring (bicyclic) bond motifs is 1. The SMILES string of the molecule is C=C(Cc1ccccc1)[C@H]1CN(C(=O)c2ccc3ccccc3n2)CC(=O)N1Cc1cccc(O)c1. The van der Waals surface area contributed by atoms with Crippen molar-refractivity contribution >= 4 is 22.7 Å². The molecule has 1 fully saturated rings. The minimum atomic E-state index is -0.377. The highest BCUT2D eigenvalue weighted by Gasteiger charge is 2.36. The van der Waals surface area contributed by atoms with Crippen molar-refractivity contribution < 1.29 is 14.7 Å². The summed E-state index contributed by atoms with van der Waals surface area (Å²) in [6, 6.07) is 27.7. The summed E-state index contributed by atoms with van der Waals surface area (Å²) in [7, 11) is 0. The summed E-state index contributed by atoms with van der Waals surface area (Å²) in [6.07, 6.45) is 0.589. The lowest BCUT2D eigenvalue weighted by atomic mass is 9.96. The summed E-state index contributed by atoms with van der Waals surface area (Å²) in [5.41, 5.74) is 3.81. The summed E-state index contributed by atoms with van der Waals surface area (Å²) in [4.78, 5) is 34.7. The Hall–Kier alpha value is -4.45. The van der Waals surface area contributed by atoms with E-state index < -0.39 is 0 Å². The molecule has 6 nitrogen and oxygen atoms in total. The van der Waals surface area contributed by atoms with Gasteiger partial charge in [0.2, 0.25) is 5.91 Å². The predicted molar refractivity (Wildman–Crippen MR) is 139 cm³/mol. The lowest BCUT2D eigenvalue weighted by Crippen LogP contribution is -2.58. The number of amides is 2. The van der Waals surface area contributed by atoms with Gasteiger partial charge in [0.1, 0.15) is 18.0 Å². The number of hydrogen-bond donors (Lipinski definition) is 1.